The number of piperidine rings is 1. The molecule has 2 aliphatic rings. The Morgan fingerprint density at radius 3 is 2.36 bits per heavy atom. The van der Waals surface area contributed by atoms with Crippen molar-refractivity contribution in [1.29, 1.82) is 0 Å². The van der Waals surface area contributed by atoms with E-state index in [1.165, 1.54) is 17.7 Å². The van der Waals surface area contributed by atoms with Gasteiger partial charge in [-0.1, -0.05) is 6.07 Å². The first-order valence-electron chi connectivity index (χ1n) is 8.24. The number of benzene rings is 1. The standard InChI is InChI=1S/C17H20F4N2O.ClH/c18-15-13(2-1-3-14(15)17(19,20)21)16(24)23-8-6-12(7-9-23)22-10-11-4-5-11;/h1-3,11-12,22H,4-10H2;1H. The molecule has 3 rings (SSSR count). The molecule has 1 aromatic rings. The number of halogens is 5. The molecule has 1 aliphatic heterocycles. The predicted octanol–water partition coefficient (Wildman–Crippen LogP) is 3.87. The topological polar surface area (TPSA) is 32.3 Å². The van der Waals surface area contributed by atoms with Gasteiger partial charge in [-0.2, -0.15) is 13.2 Å². The maximum Gasteiger partial charge on any atom is 0.419 e. The van der Waals surface area contributed by atoms with Gasteiger partial charge in [0.25, 0.3) is 5.91 Å². The SMILES string of the molecule is Cl.O=C(c1cccc(C(F)(F)F)c1F)N1CCC(NCC2CC2)CC1. The van der Waals surface area contributed by atoms with Crippen molar-refractivity contribution >= 4 is 18.3 Å². The van der Waals surface area contributed by atoms with E-state index in [0.29, 0.717) is 25.2 Å². The number of carbonyl (C=O) groups excluding carboxylic acids is 1. The summed E-state index contributed by atoms with van der Waals surface area (Å²) in [6.07, 6.45) is -0.809. The lowest BCUT2D eigenvalue weighted by atomic mass is 10.0. The van der Waals surface area contributed by atoms with Crippen LogP contribution in [0.2, 0.25) is 0 Å². The minimum Gasteiger partial charge on any atom is -0.338 e. The van der Waals surface area contributed by atoms with E-state index >= 15 is 0 Å². The van der Waals surface area contributed by atoms with Crippen molar-refractivity contribution in [1.82, 2.24) is 10.2 Å². The zero-order valence-corrected chi connectivity index (χ0v) is 14.4. The number of hydrogen-bond acceptors (Lipinski definition) is 2. The zero-order chi connectivity index (χ0) is 17.3. The lowest BCUT2D eigenvalue weighted by Crippen LogP contribution is -2.45. The Morgan fingerprint density at radius 1 is 1.16 bits per heavy atom. The van der Waals surface area contributed by atoms with Gasteiger partial charge in [-0.25, -0.2) is 4.39 Å². The van der Waals surface area contributed by atoms with Crippen molar-refractivity contribution in [2.75, 3.05) is 19.6 Å². The minimum atomic E-state index is -4.81. The normalized spacial score (nSPS) is 18.8. The van der Waals surface area contributed by atoms with E-state index in [9.17, 15) is 22.4 Å². The number of carbonyl (C=O) groups is 1. The molecule has 0 aromatic heterocycles. The molecule has 1 saturated carbocycles. The number of rotatable bonds is 4. The summed E-state index contributed by atoms with van der Waals surface area (Å²) in [4.78, 5) is 13.8. The molecule has 2 fully saturated rings. The van der Waals surface area contributed by atoms with Gasteiger partial charge in [-0.05, 0) is 50.3 Å². The van der Waals surface area contributed by atoms with Crippen LogP contribution in [0, 0.1) is 11.7 Å². The van der Waals surface area contributed by atoms with Crippen molar-refractivity contribution in [3.8, 4) is 0 Å². The van der Waals surface area contributed by atoms with Crippen LogP contribution in [0.4, 0.5) is 17.6 Å². The Hall–Kier alpha value is -1.34. The van der Waals surface area contributed by atoms with Gasteiger partial charge in [-0.3, -0.25) is 4.79 Å². The third-order valence-corrected chi connectivity index (χ3v) is 4.71. The molecule has 3 nitrogen and oxygen atoms in total. The van der Waals surface area contributed by atoms with Gasteiger partial charge in [-0.15, -0.1) is 12.4 Å². The van der Waals surface area contributed by atoms with Crippen LogP contribution in [0.1, 0.15) is 41.6 Å². The molecule has 1 saturated heterocycles. The summed E-state index contributed by atoms with van der Waals surface area (Å²) in [5, 5.41) is 3.46. The van der Waals surface area contributed by atoms with Crippen molar-refractivity contribution in [2.24, 2.45) is 5.92 Å². The first-order chi connectivity index (χ1) is 11.4. The molecule has 1 aromatic carbocycles. The summed E-state index contributed by atoms with van der Waals surface area (Å²) >= 11 is 0. The second-order valence-corrected chi connectivity index (χ2v) is 6.58. The lowest BCUT2D eigenvalue weighted by molar-refractivity contribution is -0.140. The highest BCUT2D eigenvalue weighted by Gasteiger charge is 2.36. The zero-order valence-electron chi connectivity index (χ0n) is 13.6. The molecule has 1 aliphatic carbocycles. The molecule has 0 atom stereocenters. The Morgan fingerprint density at radius 2 is 1.80 bits per heavy atom. The first kappa shape index (κ1) is 20.0. The molecule has 1 amide bonds. The fourth-order valence-electron chi connectivity index (χ4n) is 3.03. The Bertz CT molecular complexity index is 611. The summed E-state index contributed by atoms with van der Waals surface area (Å²) in [5.74, 6) is -1.38. The van der Waals surface area contributed by atoms with Gasteiger partial charge in [0.2, 0.25) is 0 Å². The van der Waals surface area contributed by atoms with Crippen LogP contribution in [0.25, 0.3) is 0 Å². The van der Waals surface area contributed by atoms with Crippen LogP contribution in [0.5, 0.6) is 0 Å². The molecule has 1 heterocycles. The van der Waals surface area contributed by atoms with Crippen LogP contribution in [-0.2, 0) is 6.18 Å². The molecule has 25 heavy (non-hydrogen) atoms. The molecule has 8 heteroatoms. The Balaban J connectivity index is 0.00000225. The second-order valence-electron chi connectivity index (χ2n) is 6.58. The third kappa shape index (κ3) is 4.85. The maximum absolute atomic E-state index is 14.1. The monoisotopic (exact) mass is 380 g/mol. The van der Waals surface area contributed by atoms with E-state index in [4.69, 9.17) is 0 Å². The van der Waals surface area contributed by atoms with Gasteiger partial charge in [0, 0.05) is 19.1 Å². The summed E-state index contributed by atoms with van der Waals surface area (Å²) < 4.78 is 52.4. The fraction of sp³-hybridized carbons (Fsp3) is 0.588. The lowest BCUT2D eigenvalue weighted by Gasteiger charge is -2.32. The van der Waals surface area contributed by atoms with Crippen molar-refractivity contribution in [2.45, 2.75) is 37.9 Å². The van der Waals surface area contributed by atoms with Crippen LogP contribution in [0.3, 0.4) is 0 Å². The molecule has 0 spiro atoms. The number of amides is 1. The summed E-state index contributed by atoms with van der Waals surface area (Å²) in [5.41, 5.74) is -1.90. The van der Waals surface area contributed by atoms with Crippen molar-refractivity contribution < 1.29 is 22.4 Å². The van der Waals surface area contributed by atoms with Gasteiger partial charge >= 0.3 is 6.18 Å². The van der Waals surface area contributed by atoms with Gasteiger partial charge < -0.3 is 10.2 Å². The first-order valence-corrected chi connectivity index (χ1v) is 8.24. The van der Waals surface area contributed by atoms with Crippen LogP contribution in [0.15, 0.2) is 18.2 Å². The molecule has 0 radical (unpaired) electrons. The largest absolute Gasteiger partial charge is 0.419 e. The number of nitrogens with zero attached hydrogens (tertiary/aromatic N) is 1. The highest BCUT2D eigenvalue weighted by molar-refractivity contribution is 5.94. The quantitative estimate of drug-likeness (QED) is 0.804. The Kier molecular flexibility index (Phi) is 6.32. The maximum atomic E-state index is 14.1. The van der Waals surface area contributed by atoms with E-state index in [2.05, 4.69) is 5.32 Å². The summed E-state index contributed by atoms with van der Waals surface area (Å²) in [6, 6.07) is 3.16. The minimum absolute atomic E-state index is 0. The molecule has 0 bridgehead atoms. The average Bonchev–Trinajstić information content (AvgIpc) is 3.36. The number of nitrogens with one attached hydrogen (secondary N) is 1. The van der Waals surface area contributed by atoms with Crippen molar-refractivity contribution in [3.05, 3.63) is 35.1 Å². The smallest absolute Gasteiger partial charge is 0.338 e. The average molecular weight is 381 g/mol. The summed E-state index contributed by atoms with van der Waals surface area (Å²) in [6.45, 7) is 1.84. The van der Waals surface area contributed by atoms with Crippen molar-refractivity contribution in [3.63, 3.8) is 0 Å². The van der Waals surface area contributed by atoms with E-state index in [1.54, 1.807) is 0 Å². The van der Waals surface area contributed by atoms with Crippen LogP contribution >= 0.6 is 12.4 Å². The fourth-order valence-corrected chi connectivity index (χ4v) is 3.03. The number of likely N-dealkylation sites (tertiary alicyclic amines) is 1. The summed E-state index contributed by atoms with van der Waals surface area (Å²) in [7, 11) is 0. The number of alkyl halides is 3. The highest BCUT2D eigenvalue weighted by atomic mass is 35.5. The van der Waals surface area contributed by atoms with Gasteiger partial charge in [0.1, 0.15) is 5.82 Å². The molecular weight excluding hydrogens is 360 g/mol. The molecular formula is C17H21ClF4N2O. The second kappa shape index (κ2) is 7.91. The number of hydrogen-bond donors (Lipinski definition) is 1. The van der Waals surface area contributed by atoms with Crippen LogP contribution < -0.4 is 5.32 Å². The molecule has 140 valence electrons. The van der Waals surface area contributed by atoms with E-state index in [0.717, 1.165) is 37.4 Å². The third-order valence-electron chi connectivity index (χ3n) is 4.71. The van der Waals surface area contributed by atoms with Gasteiger partial charge in [0.15, 0.2) is 0 Å². The highest BCUT2D eigenvalue weighted by Crippen LogP contribution is 2.33. The van der Waals surface area contributed by atoms with Crippen LogP contribution in [-0.4, -0.2) is 36.5 Å². The van der Waals surface area contributed by atoms with E-state index in [-0.39, 0.29) is 12.4 Å². The predicted molar refractivity (Wildman–Crippen MR) is 88.3 cm³/mol. The van der Waals surface area contributed by atoms with Gasteiger partial charge in [0.05, 0.1) is 11.1 Å². The molecule has 1 N–H and O–H groups in total. The van der Waals surface area contributed by atoms with E-state index in [1.807, 2.05) is 0 Å². The van der Waals surface area contributed by atoms with E-state index < -0.39 is 29.0 Å². The Labute approximate surface area is 150 Å². The molecule has 0 unspecified atom stereocenters.